The van der Waals surface area contributed by atoms with Crippen molar-refractivity contribution in [3.63, 3.8) is 0 Å². The van der Waals surface area contributed by atoms with E-state index in [9.17, 15) is 9.59 Å². The van der Waals surface area contributed by atoms with Crippen molar-refractivity contribution in [1.82, 2.24) is 5.32 Å². The molecule has 0 saturated heterocycles. The smallest absolute Gasteiger partial charge is 0.220 e. The van der Waals surface area contributed by atoms with Crippen LogP contribution in [0.15, 0.2) is 12.2 Å². The van der Waals surface area contributed by atoms with Crippen LogP contribution in [0.5, 0.6) is 0 Å². The van der Waals surface area contributed by atoms with Gasteiger partial charge in [0.25, 0.3) is 0 Å². The molecule has 0 atom stereocenters. The van der Waals surface area contributed by atoms with Gasteiger partial charge in [-0.25, -0.2) is 0 Å². The van der Waals surface area contributed by atoms with Gasteiger partial charge in [0.05, 0.1) is 0 Å². The number of rotatable bonds is 6. The highest BCUT2D eigenvalue weighted by atomic mass is 16.2. The molecule has 4 nitrogen and oxygen atoms in total. The maximum Gasteiger partial charge on any atom is 0.220 e. The Kier molecular flexibility index (Phi) is 5.59. The zero-order chi connectivity index (χ0) is 10.3. The quantitative estimate of drug-likeness (QED) is 0.584. The maximum absolute atomic E-state index is 11.0. The summed E-state index contributed by atoms with van der Waals surface area (Å²) in [4.78, 5) is 21.3. The van der Waals surface area contributed by atoms with E-state index in [-0.39, 0.29) is 18.2 Å². The fourth-order valence-corrected chi connectivity index (χ4v) is 0.761. The van der Waals surface area contributed by atoms with Crippen LogP contribution < -0.4 is 11.1 Å². The number of carbonyl (C=O) groups excluding carboxylic acids is 2. The van der Waals surface area contributed by atoms with Crippen molar-refractivity contribution in [1.29, 1.82) is 0 Å². The molecule has 0 saturated carbocycles. The molecule has 0 aliphatic carbocycles. The molecule has 0 spiro atoms. The van der Waals surface area contributed by atoms with E-state index < -0.39 is 0 Å². The van der Waals surface area contributed by atoms with E-state index in [4.69, 9.17) is 5.73 Å². The molecule has 0 fully saturated rings. The summed E-state index contributed by atoms with van der Waals surface area (Å²) in [5.74, 6) is -0.433. The molecule has 0 radical (unpaired) electrons. The molecule has 0 aromatic carbocycles. The van der Waals surface area contributed by atoms with Crippen molar-refractivity contribution in [3.05, 3.63) is 12.2 Å². The van der Waals surface area contributed by atoms with Crippen molar-refractivity contribution in [2.24, 2.45) is 5.73 Å². The first-order chi connectivity index (χ1) is 6.02. The Morgan fingerprint density at radius 3 is 2.46 bits per heavy atom. The van der Waals surface area contributed by atoms with Gasteiger partial charge in [-0.2, -0.15) is 0 Å². The van der Waals surface area contributed by atoms with E-state index in [1.165, 1.54) is 0 Å². The van der Waals surface area contributed by atoms with Crippen LogP contribution >= 0.6 is 0 Å². The first-order valence-electron chi connectivity index (χ1n) is 4.21. The lowest BCUT2D eigenvalue weighted by Gasteiger charge is -2.03. The minimum Gasteiger partial charge on any atom is -0.370 e. The molecule has 0 aliphatic heterocycles. The van der Waals surface area contributed by atoms with Crippen LogP contribution in [0.4, 0.5) is 0 Å². The third-order valence-corrected chi connectivity index (χ3v) is 1.41. The zero-order valence-corrected chi connectivity index (χ0v) is 7.93. The number of hydrogen-bond donors (Lipinski definition) is 2. The summed E-state index contributed by atoms with van der Waals surface area (Å²) in [6.07, 6.45) is 1.12. The topological polar surface area (TPSA) is 72.2 Å². The molecule has 0 aromatic heterocycles. The van der Waals surface area contributed by atoms with Crippen molar-refractivity contribution >= 4 is 11.8 Å². The maximum atomic E-state index is 11.0. The summed E-state index contributed by atoms with van der Waals surface area (Å²) >= 11 is 0. The molecule has 0 aromatic rings. The largest absolute Gasteiger partial charge is 0.370 e. The third kappa shape index (κ3) is 8.59. The normalized spacial score (nSPS) is 9.31. The van der Waals surface area contributed by atoms with E-state index >= 15 is 0 Å². The summed E-state index contributed by atoms with van der Waals surface area (Å²) in [7, 11) is 0. The van der Waals surface area contributed by atoms with Gasteiger partial charge >= 0.3 is 0 Å². The lowest BCUT2D eigenvalue weighted by atomic mass is 10.2. The number of hydrogen-bond acceptors (Lipinski definition) is 2. The molecule has 0 unspecified atom stereocenters. The fraction of sp³-hybridized carbons (Fsp3) is 0.556. The van der Waals surface area contributed by atoms with E-state index in [0.717, 1.165) is 5.57 Å². The number of amides is 2. The highest BCUT2D eigenvalue weighted by molar-refractivity contribution is 5.78. The molecule has 0 bridgehead atoms. The van der Waals surface area contributed by atoms with Crippen LogP contribution in [-0.4, -0.2) is 18.4 Å². The van der Waals surface area contributed by atoms with E-state index in [1.54, 1.807) is 0 Å². The van der Waals surface area contributed by atoms with Crippen molar-refractivity contribution in [3.8, 4) is 0 Å². The van der Waals surface area contributed by atoms with Crippen molar-refractivity contribution in [2.45, 2.75) is 26.2 Å². The van der Waals surface area contributed by atoms with E-state index in [1.807, 2.05) is 6.92 Å². The number of carbonyl (C=O) groups is 2. The van der Waals surface area contributed by atoms with Crippen molar-refractivity contribution in [2.75, 3.05) is 6.54 Å². The Bertz CT molecular complexity index is 212. The van der Waals surface area contributed by atoms with Crippen LogP contribution in [-0.2, 0) is 9.59 Å². The number of nitrogens with two attached hydrogens (primary N) is 1. The summed E-state index contributed by atoms with van der Waals surface area (Å²) in [5, 5.41) is 2.67. The van der Waals surface area contributed by atoms with Gasteiger partial charge in [0.2, 0.25) is 11.8 Å². The average molecular weight is 184 g/mol. The van der Waals surface area contributed by atoms with Gasteiger partial charge in [-0.15, -0.1) is 0 Å². The van der Waals surface area contributed by atoms with Gasteiger partial charge in [-0.05, 0) is 13.3 Å². The second kappa shape index (κ2) is 6.22. The molecular weight excluding hydrogens is 168 g/mol. The zero-order valence-electron chi connectivity index (χ0n) is 7.93. The number of primary amides is 1. The predicted octanol–water partition coefficient (Wildman–Crippen LogP) is 0.334. The van der Waals surface area contributed by atoms with Crippen molar-refractivity contribution < 1.29 is 9.59 Å². The average Bonchev–Trinajstić information content (AvgIpc) is 2.00. The van der Waals surface area contributed by atoms with E-state index in [0.29, 0.717) is 19.4 Å². The lowest BCUT2D eigenvalue weighted by Crippen LogP contribution is -2.24. The van der Waals surface area contributed by atoms with E-state index in [2.05, 4.69) is 11.9 Å². The van der Waals surface area contributed by atoms with Crippen LogP contribution in [0.25, 0.3) is 0 Å². The SMILES string of the molecule is C=C(C)CNC(=O)CCCC(N)=O. The Morgan fingerprint density at radius 2 is 2.00 bits per heavy atom. The molecular formula is C9H16N2O2. The van der Waals surface area contributed by atoms with Gasteiger partial charge in [-0.3, -0.25) is 9.59 Å². The molecule has 0 aliphatic rings. The van der Waals surface area contributed by atoms with Crippen LogP contribution in [0, 0.1) is 0 Å². The van der Waals surface area contributed by atoms with Gasteiger partial charge in [-0.1, -0.05) is 12.2 Å². The molecule has 3 N–H and O–H groups in total. The molecule has 0 heterocycles. The summed E-state index contributed by atoms with van der Waals surface area (Å²) < 4.78 is 0. The van der Waals surface area contributed by atoms with Gasteiger partial charge < -0.3 is 11.1 Å². The summed E-state index contributed by atoms with van der Waals surface area (Å²) in [6, 6.07) is 0. The Hall–Kier alpha value is -1.32. The second-order valence-electron chi connectivity index (χ2n) is 3.05. The highest BCUT2D eigenvalue weighted by Crippen LogP contribution is 1.94. The molecule has 0 rings (SSSR count). The van der Waals surface area contributed by atoms with Crippen LogP contribution in [0.2, 0.25) is 0 Å². The monoisotopic (exact) mass is 184 g/mol. The van der Waals surface area contributed by atoms with Gasteiger partial charge in [0.1, 0.15) is 0 Å². The Balaban J connectivity index is 3.41. The Morgan fingerprint density at radius 1 is 1.38 bits per heavy atom. The highest BCUT2D eigenvalue weighted by Gasteiger charge is 2.01. The molecule has 13 heavy (non-hydrogen) atoms. The second-order valence-corrected chi connectivity index (χ2v) is 3.05. The molecule has 74 valence electrons. The van der Waals surface area contributed by atoms with Gasteiger partial charge in [0, 0.05) is 19.4 Å². The van der Waals surface area contributed by atoms with Crippen LogP contribution in [0.3, 0.4) is 0 Å². The molecule has 4 heteroatoms. The fourth-order valence-electron chi connectivity index (χ4n) is 0.761. The molecule has 2 amide bonds. The first-order valence-corrected chi connectivity index (χ1v) is 4.21. The third-order valence-electron chi connectivity index (χ3n) is 1.41. The Labute approximate surface area is 78.2 Å². The number of nitrogens with one attached hydrogen (secondary N) is 1. The summed E-state index contributed by atoms with van der Waals surface area (Å²) in [5.41, 5.74) is 5.82. The van der Waals surface area contributed by atoms with Crippen LogP contribution in [0.1, 0.15) is 26.2 Å². The minimum absolute atomic E-state index is 0.0655. The summed E-state index contributed by atoms with van der Waals surface area (Å²) in [6.45, 7) is 5.98. The standard InChI is InChI=1S/C9H16N2O2/c1-7(2)6-11-9(13)5-3-4-8(10)12/h1,3-6H2,2H3,(H2,10,12)(H,11,13). The first kappa shape index (κ1) is 11.7. The predicted molar refractivity (Wildman–Crippen MR) is 50.9 cm³/mol. The van der Waals surface area contributed by atoms with Gasteiger partial charge in [0.15, 0.2) is 0 Å². The minimum atomic E-state index is -0.368. The lowest BCUT2D eigenvalue weighted by molar-refractivity contribution is -0.121.